The molecule has 180 valence electrons. The van der Waals surface area contributed by atoms with Crippen LogP contribution in [-0.4, -0.2) is 72.9 Å². The number of carbonyl (C=O) groups excluding carboxylic acids is 2. The van der Waals surface area contributed by atoms with Crippen LogP contribution in [0.25, 0.3) is 11.1 Å². The number of ether oxygens (including phenoxy) is 2. The fourth-order valence-corrected chi connectivity index (χ4v) is 4.55. The third kappa shape index (κ3) is 4.58. The quantitative estimate of drug-likeness (QED) is 0.640. The largest absolute Gasteiger partial charge is 0.480 e. The molecule has 1 aliphatic carbocycles. The average molecular weight is 474 g/mol. The Labute approximate surface area is 194 Å². The number of rotatable bonds is 7. The van der Waals surface area contributed by atoms with Crippen LogP contribution in [0.4, 0.5) is 13.6 Å². The molecule has 8 nitrogen and oxygen atoms in total. The van der Waals surface area contributed by atoms with Gasteiger partial charge in [0, 0.05) is 19.4 Å². The highest BCUT2D eigenvalue weighted by Gasteiger charge is 2.51. The Balaban J connectivity index is 1.36. The maximum atomic E-state index is 13.7. The van der Waals surface area contributed by atoms with Gasteiger partial charge in [0.1, 0.15) is 12.6 Å². The highest BCUT2D eigenvalue weighted by atomic mass is 19.3. The number of nitrogens with one attached hydrogen (secondary N) is 1. The fraction of sp³-hybridized carbons (Fsp3) is 0.375. The van der Waals surface area contributed by atoms with Gasteiger partial charge in [-0.25, -0.2) is 18.4 Å². The number of likely N-dealkylation sites (tertiary alicyclic amines) is 1. The first-order chi connectivity index (χ1) is 16.2. The Morgan fingerprint density at radius 3 is 2.26 bits per heavy atom. The van der Waals surface area contributed by atoms with E-state index in [0.29, 0.717) is 4.90 Å². The predicted molar refractivity (Wildman–Crippen MR) is 117 cm³/mol. The molecule has 1 heterocycles. The number of fused-ring (bicyclic) bond motifs is 3. The predicted octanol–water partition coefficient (Wildman–Crippen LogP) is 2.86. The number of amides is 2. The Morgan fingerprint density at radius 1 is 1.12 bits per heavy atom. The van der Waals surface area contributed by atoms with E-state index in [0.717, 1.165) is 22.3 Å². The van der Waals surface area contributed by atoms with Crippen molar-refractivity contribution in [3.8, 4) is 11.1 Å². The van der Waals surface area contributed by atoms with Crippen molar-refractivity contribution in [3.63, 3.8) is 0 Å². The van der Waals surface area contributed by atoms with Crippen LogP contribution >= 0.6 is 0 Å². The second-order valence-corrected chi connectivity index (χ2v) is 8.31. The average Bonchev–Trinajstić information content (AvgIpc) is 3.32. The van der Waals surface area contributed by atoms with Crippen LogP contribution in [0.2, 0.25) is 0 Å². The van der Waals surface area contributed by atoms with Crippen LogP contribution in [0.15, 0.2) is 48.5 Å². The first-order valence-corrected chi connectivity index (χ1v) is 10.7. The van der Waals surface area contributed by atoms with E-state index in [9.17, 15) is 28.3 Å². The maximum absolute atomic E-state index is 13.7. The lowest BCUT2D eigenvalue weighted by Gasteiger charge is -2.25. The number of hydrogen-bond donors (Lipinski definition) is 2. The zero-order valence-corrected chi connectivity index (χ0v) is 18.4. The van der Waals surface area contributed by atoms with Crippen molar-refractivity contribution in [3.05, 3.63) is 59.7 Å². The second kappa shape index (κ2) is 9.38. The number of methoxy groups -OCH3 is 1. The van der Waals surface area contributed by atoms with Gasteiger partial charge in [0.05, 0.1) is 13.1 Å². The summed E-state index contributed by atoms with van der Waals surface area (Å²) in [5.41, 5.74) is 4.23. The van der Waals surface area contributed by atoms with Gasteiger partial charge in [-0.1, -0.05) is 48.5 Å². The number of carboxylic acids is 1. The molecule has 0 spiro atoms. The van der Waals surface area contributed by atoms with E-state index < -0.39 is 49.0 Å². The smallest absolute Gasteiger partial charge is 0.407 e. The van der Waals surface area contributed by atoms with Crippen molar-refractivity contribution in [1.82, 2.24) is 10.2 Å². The summed E-state index contributed by atoms with van der Waals surface area (Å²) in [6.45, 7) is -1.32. The highest BCUT2D eigenvalue weighted by Crippen LogP contribution is 2.44. The van der Waals surface area contributed by atoms with Gasteiger partial charge < -0.3 is 24.8 Å². The zero-order chi connectivity index (χ0) is 24.5. The second-order valence-electron chi connectivity index (χ2n) is 8.31. The van der Waals surface area contributed by atoms with Gasteiger partial charge in [0.25, 0.3) is 11.8 Å². The molecule has 2 atom stereocenters. The summed E-state index contributed by atoms with van der Waals surface area (Å²) in [6, 6.07) is 14.0. The maximum Gasteiger partial charge on any atom is 0.407 e. The Morgan fingerprint density at radius 2 is 1.71 bits per heavy atom. The number of carbonyl (C=O) groups is 3. The SMILES string of the molecule is COC(CNC(=O)OCC1c2ccccc2-c2ccccc21)C(=O)N1CC(F)(F)CC1C(=O)O. The van der Waals surface area contributed by atoms with Gasteiger partial charge in [0.15, 0.2) is 6.10 Å². The minimum Gasteiger partial charge on any atom is -0.480 e. The molecule has 2 aliphatic rings. The summed E-state index contributed by atoms with van der Waals surface area (Å²) in [5.74, 6) is -5.92. The van der Waals surface area contributed by atoms with E-state index in [-0.39, 0.29) is 19.1 Å². The summed E-state index contributed by atoms with van der Waals surface area (Å²) >= 11 is 0. The number of alkyl carbamates (subject to hydrolysis) is 1. The Kier molecular flexibility index (Phi) is 6.52. The summed E-state index contributed by atoms with van der Waals surface area (Å²) in [7, 11) is 1.17. The molecular formula is C24H24F2N2O6. The molecule has 0 saturated carbocycles. The van der Waals surface area contributed by atoms with Crippen molar-refractivity contribution in [1.29, 1.82) is 0 Å². The molecule has 2 aromatic carbocycles. The fourth-order valence-electron chi connectivity index (χ4n) is 4.55. The number of alkyl halides is 2. The molecule has 10 heteroatoms. The van der Waals surface area contributed by atoms with Crippen molar-refractivity contribution in [2.45, 2.75) is 30.4 Å². The van der Waals surface area contributed by atoms with Crippen LogP contribution in [0, 0.1) is 0 Å². The van der Waals surface area contributed by atoms with Gasteiger partial charge in [0.2, 0.25) is 0 Å². The molecule has 0 radical (unpaired) electrons. The van der Waals surface area contributed by atoms with E-state index in [4.69, 9.17) is 9.47 Å². The molecule has 2 amide bonds. The van der Waals surface area contributed by atoms with E-state index >= 15 is 0 Å². The van der Waals surface area contributed by atoms with Crippen LogP contribution in [0.5, 0.6) is 0 Å². The number of carboxylic acid groups (broad SMARTS) is 1. The van der Waals surface area contributed by atoms with E-state index in [2.05, 4.69) is 5.32 Å². The van der Waals surface area contributed by atoms with Gasteiger partial charge in [-0.3, -0.25) is 4.79 Å². The molecule has 34 heavy (non-hydrogen) atoms. The lowest BCUT2D eigenvalue weighted by molar-refractivity contribution is -0.152. The minimum absolute atomic E-state index is 0.0604. The number of aliphatic carboxylic acids is 1. The monoisotopic (exact) mass is 474 g/mol. The lowest BCUT2D eigenvalue weighted by Crippen LogP contribution is -2.50. The van der Waals surface area contributed by atoms with Crippen LogP contribution < -0.4 is 5.32 Å². The van der Waals surface area contributed by atoms with Gasteiger partial charge in [-0.2, -0.15) is 0 Å². The molecular weight excluding hydrogens is 450 g/mol. The minimum atomic E-state index is -3.31. The third-order valence-electron chi connectivity index (χ3n) is 6.17. The van der Waals surface area contributed by atoms with Crippen molar-refractivity contribution < 1.29 is 37.7 Å². The first kappa shape index (κ1) is 23.6. The molecule has 1 saturated heterocycles. The van der Waals surface area contributed by atoms with E-state index in [1.807, 2.05) is 48.5 Å². The van der Waals surface area contributed by atoms with Crippen LogP contribution in [0.1, 0.15) is 23.5 Å². The lowest BCUT2D eigenvalue weighted by atomic mass is 9.98. The summed E-state index contributed by atoms with van der Waals surface area (Å²) in [6.07, 6.45) is -3.11. The van der Waals surface area contributed by atoms with Crippen molar-refractivity contribution >= 4 is 18.0 Å². The van der Waals surface area contributed by atoms with E-state index in [1.165, 1.54) is 7.11 Å². The molecule has 1 aliphatic heterocycles. The number of halogens is 2. The van der Waals surface area contributed by atoms with Gasteiger partial charge in [-0.15, -0.1) is 0 Å². The normalized spacial score (nSPS) is 19.3. The van der Waals surface area contributed by atoms with E-state index in [1.54, 1.807) is 0 Å². The molecule has 0 aromatic heterocycles. The van der Waals surface area contributed by atoms with Gasteiger partial charge >= 0.3 is 12.1 Å². The molecule has 4 rings (SSSR count). The number of benzene rings is 2. The third-order valence-corrected chi connectivity index (χ3v) is 6.17. The van der Waals surface area contributed by atoms with Crippen molar-refractivity contribution in [2.24, 2.45) is 0 Å². The topological polar surface area (TPSA) is 105 Å². The molecule has 0 bridgehead atoms. The molecule has 2 N–H and O–H groups in total. The standard InChI is InChI=1S/C24H24F2N2O6/c1-33-20(21(29)28-13-24(25,26)10-19(28)22(30)31)11-27-23(32)34-12-18-16-8-4-2-6-14(16)15-7-3-5-9-17(15)18/h2-9,18-20H,10-13H2,1H3,(H,27,32)(H,30,31). The van der Waals surface area contributed by atoms with Crippen LogP contribution in [0.3, 0.4) is 0 Å². The Bertz CT molecular complexity index is 1060. The highest BCUT2D eigenvalue weighted by molar-refractivity contribution is 5.88. The molecule has 2 unspecified atom stereocenters. The molecule has 1 fully saturated rings. The summed E-state index contributed by atoms with van der Waals surface area (Å²) in [5, 5.41) is 11.6. The Hall–Kier alpha value is -3.53. The zero-order valence-electron chi connectivity index (χ0n) is 18.4. The number of hydrogen-bond acceptors (Lipinski definition) is 5. The summed E-state index contributed by atoms with van der Waals surface area (Å²) in [4.78, 5) is 36.9. The van der Waals surface area contributed by atoms with Gasteiger partial charge in [-0.05, 0) is 22.3 Å². The first-order valence-electron chi connectivity index (χ1n) is 10.7. The van der Waals surface area contributed by atoms with Crippen molar-refractivity contribution in [2.75, 3.05) is 26.8 Å². The molecule has 2 aromatic rings. The summed E-state index contributed by atoms with van der Waals surface area (Å²) < 4.78 is 37.9. The van der Waals surface area contributed by atoms with Crippen LogP contribution in [-0.2, 0) is 19.1 Å². The number of nitrogens with zero attached hydrogens (tertiary/aromatic N) is 1.